The Morgan fingerprint density at radius 3 is 2.70 bits per heavy atom. The van der Waals surface area contributed by atoms with Crippen LogP contribution in [0.15, 0.2) is 11.4 Å². The van der Waals surface area contributed by atoms with Crippen LogP contribution in [0.4, 0.5) is 13.2 Å². The maximum absolute atomic E-state index is 13.0. The van der Waals surface area contributed by atoms with Gasteiger partial charge in [0.2, 0.25) is 0 Å². The Morgan fingerprint density at radius 1 is 1.40 bits per heavy atom. The first kappa shape index (κ1) is 15.8. The smallest absolute Gasteiger partial charge is 0.310 e. The van der Waals surface area contributed by atoms with E-state index in [0.29, 0.717) is 12.8 Å². The van der Waals surface area contributed by atoms with Crippen LogP contribution in [0.3, 0.4) is 0 Å². The van der Waals surface area contributed by atoms with Crippen LogP contribution in [0.1, 0.15) is 49.1 Å². The monoisotopic (exact) mass is 305 g/mol. The van der Waals surface area contributed by atoms with E-state index in [1.165, 1.54) is 10.4 Å². The van der Waals surface area contributed by atoms with E-state index in [2.05, 4.69) is 18.3 Å². The lowest BCUT2D eigenvalue weighted by Crippen LogP contribution is -2.35. The van der Waals surface area contributed by atoms with Crippen LogP contribution in [0, 0.1) is 18.8 Å². The van der Waals surface area contributed by atoms with Crippen molar-refractivity contribution in [3.8, 4) is 0 Å². The van der Waals surface area contributed by atoms with E-state index in [9.17, 15) is 13.2 Å². The van der Waals surface area contributed by atoms with Crippen LogP contribution in [0.2, 0.25) is 0 Å². The van der Waals surface area contributed by atoms with Gasteiger partial charge in [-0.25, -0.2) is 0 Å². The third kappa shape index (κ3) is 3.55. The number of halogens is 3. The minimum Gasteiger partial charge on any atom is -0.310 e. The molecule has 20 heavy (non-hydrogen) atoms. The highest BCUT2D eigenvalue weighted by atomic mass is 32.1. The lowest BCUT2D eigenvalue weighted by molar-refractivity contribution is -0.186. The predicted molar refractivity (Wildman–Crippen MR) is 77.0 cm³/mol. The molecule has 1 aromatic heterocycles. The Kier molecular flexibility index (Phi) is 5.13. The molecule has 0 bridgehead atoms. The Balaban J connectivity index is 2.15. The summed E-state index contributed by atoms with van der Waals surface area (Å²) in [5.74, 6) is -1.04. The Bertz CT molecular complexity index is 427. The van der Waals surface area contributed by atoms with Gasteiger partial charge in [0.15, 0.2) is 0 Å². The molecule has 1 saturated carbocycles. The molecule has 1 heterocycles. The maximum atomic E-state index is 13.0. The van der Waals surface area contributed by atoms with E-state index in [1.807, 2.05) is 12.3 Å². The van der Waals surface area contributed by atoms with Gasteiger partial charge in [0.25, 0.3) is 0 Å². The molecule has 5 heteroatoms. The first-order valence-electron chi connectivity index (χ1n) is 7.27. The lowest BCUT2D eigenvalue weighted by Gasteiger charge is -2.36. The van der Waals surface area contributed by atoms with Crippen molar-refractivity contribution in [2.24, 2.45) is 11.8 Å². The molecule has 3 unspecified atom stereocenters. The van der Waals surface area contributed by atoms with E-state index in [1.54, 1.807) is 11.3 Å². The van der Waals surface area contributed by atoms with Crippen molar-refractivity contribution in [1.82, 2.24) is 5.32 Å². The number of alkyl halides is 3. The molecule has 0 spiro atoms. The number of hydrogen-bond acceptors (Lipinski definition) is 2. The van der Waals surface area contributed by atoms with Crippen molar-refractivity contribution < 1.29 is 13.2 Å². The van der Waals surface area contributed by atoms with Gasteiger partial charge in [0, 0.05) is 10.9 Å². The van der Waals surface area contributed by atoms with Crippen molar-refractivity contribution in [2.75, 3.05) is 6.54 Å². The molecule has 1 aliphatic rings. The summed E-state index contributed by atoms with van der Waals surface area (Å²) in [6, 6.07) is 2.13. The van der Waals surface area contributed by atoms with E-state index in [0.717, 1.165) is 13.0 Å². The van der Waals surface area contributed by atoms with E-state index in [-0.39, 0.29) is 18.4 Å². The van der Waals surface area contributed by atoms with Gasteiger partial charge in [-0.15, -0.1) is 11.3 Å². The number of aryl methyl sites for hydroxylation is 1. The molecular weight excluding hydrogens is 283 g/mol. The first-order chi connectivity index (χ1) is 9.43. The van der Waals surface area contributed by atoms with E-state index >= 15 is 0 Å². The highest BCUT2D eigenvalue weighted by Crippen LogP contribution is 2.44. The van der Waals surface area contributed by atoms with Crippen LogP contribution in [-0.2, 0) is 0 Å². The first-order valence-corrected chi connectivity index (χ1v) is 8.15. The van der Waals surface area contributed by atoms with Gasteiger partial charge in [0.1, 0.15) is 0 Å². The van der Waals surface area contributed by atoms with Crippen LogP contribution in [0.5, 0.6) is 0 Å². The normalized spacial score (nSPS) is 25.6. The highest BCUT2D eigenvalue weighted by molar-refractivity contribution is 7.10. The number of hydrogen-bond donors (Lipinski definition) is 1. The molecular formula is C15H22F3NS. The quantitative estimate of drug-likeness (QED) is 0.818. The molecule has 3 atom stereocenters. The third-order valence-corrected chi connectivity index (χ3v) is 5.17. The molecule has 1 aliphatic carbocycles. The number of thiophene rings is 1. The summed E-state index contributed by atoms with van der Waals surface area (Å²) >= 11 is 1.67. The fraction of sp³-hybridized carbons (Fsp3) is 0.733. The molecule has 0 saturated heterocycles. The minimum absolute atomic E-state index is 0.0661. The third-order valence-electron chi connectivity index (χ3n) is 4.31. The van der Waals surface area contributed by atoms with Crippen molar-refractivity contribution in [3.63, 3.8) is 0 Å². The van der Waals surface area contributed by atoms with E-state index < -0.39 is 12.1 Å². The second-order valence-corrected chi connectivity index (χ2v) is 6.75. The van der Waals surface area contributed by atoms with Gasteiger partial charge in [0.05, 0.1) is 5.92 Å². The highest BCUT2D eigenvalue weighted by Gasteiger charge is 2.43. The minimum atomic E-state index is -4.04. The van der Waals surface area contributed by atoms with Gasteiger partial charge < -0.3 is 5.32 Å². The van der Waals surface area contributed by atoms with Gasteiger partial charge in [-0.05, 0) is 55.7 Å². The topological polar surface area (TPSA) is 12.0 Å². The zero-order valence-electron chi connectivity index (χ0n) is 12.0. The van der Waals surface area contributed by atoms with Crippen LogP contribution < -0.4 is 5.32 Å². The molecule has 0 aliphatic heterocycles. The van der Waals surface area contributed by atoms with Crippen molar-refractivity contribution in [2.45, 2.75) is 51.7 Å². The molecule has 0 radical (unpaired) electrons. The summed E-state index contributed by atoms with van der Waals surface area (Å²) in [5, 5.41) is 5.43. The van der Waals surface area contributed by atoms with Crippen molar-refractivity contribution in [3.05, 3.63) is 21.9 Å². The van der Waals surface area contributed by atoms with Crippen LogP contribution in [-0.4, -0.2) is 12.7 Å². The van der Waals surface area contributed by atoms with Crippen LogP contribution in [0.25, 0.3) is 0 Å². The lowest BCUT2D eigenvalue weighted by atomic mass is 9.75. The Labute approximate surface area is 122 Å². The maximum Gasteiger partial charge on any atom is 0.391 e. The standard InChI is InChI=1S/C15H22F3NS/c1-3-19-14(13-7-8-20-10(13)2)11-5-4-6-12(9-11)15(16,17)18/h7-8,11-12,14,19H,3-6,9H2,1-2H3. The zero-order chi connectivity index (χ0) is 14.8. The SMILES string of the molecule is CCNC(c1ccsc1C)C1CCCC(C(F)(F)F)C1. The molecule has 1 nitrogen and oxygen atoms in total. The number of nitrogens with one attached hydrogen (secondary N) is 1. The fourth-order valence-electron chi connectivity index (χ4n) is 3.30. The number of rotatable bonds is 4. The zero-order valence-corrected chi connectivity index (χ0v) is 12.8. The molecule has 1 fully saturated rings. The summed E-state index contributed by atoms with van der Waals surface area (Å²) in [6.07, 6.45) is -1.92. The van der Waals surface area contributed by atoms with Gasteiger partial charge in [-0.3, -0.25) is 0 Å². The summed E-state index contributed by atoms with van der Waals surface area (Å²) in [4.78, 5) is 1.21. The Hall–Kier alpha value is -0.550. The van der Waals surface area contributed by atoms with Crippen LogP contribution >= 0.6 is 11.3 Å². The summed E-state index contributed by atoms with van der Waals surface area (Å²) < 4.78 is 38.9. The van der Waals surface area contributed by atoms with Gasteiger partial charge in [-0.1, -0.05) is 13.3 Å². The second kappa shape index (κ2) is 6.48. The summed E-state index contributed by atoms with van der Waals surface area (Å²) in [7, 11) is 0. The second-order valence-electron chi connectivity index (χ2n) is 5.63. The van der Waals surface area contributed by atoms with Gasteiger partial charge >= 0.3 is 6.18 Å². The predicted octanol–water partition coefficient (Wildman–Crippen LogP) is 5.08. The van der Waals surface area contributed by atoms with Crippen molar-refractivity contribution in [1.29, 1.82) is 0 Å². The average Bonchev–Trinajstić information content (AvgIpc) is 2.81. The van der Waals surface area contributed by atoms with Gasteiger partial charge in [-0.2, -0.15) is 13.2 Å². The van der Waals surface area contributed by atoms with Crippen molar-refractivity contribution >= 4 is 11.3 Å². The molecule has 114 valence electrons. The molecule has 0 amide bonds. The average molecular weight is 305 g/mol. The molecule has 2 rings (SSSR count). The summed E-state index contributed by atoms with van der Waals surface area (Å²) in [5.41, 5.74) is 1.18. The molecule has 1 N–H and O–H groups in total. The fourth-order valence-corrected chi connectivity index (χ4v) is 4.05. The largest absolute Gasteiger partial charge is 0.391 e. The summed E-state index contributed by atoms with van der Waals surface area (Å²) in [6.45, 7) is 4.85. The molecule has 1 aromatic rings. The Morgan fingerprint density at radius 2 is 2.15 bits per heavy atom. The van der Waals surface area contributed by atoms with E-state index in [4.69, 9.17) is 0 Å². The molecule has 0 aromatic carbocycles.